The van der Waals surface area contributed by atoms with E-state index in [1.165, 1.54) is 4.90 Å². The van der Waals surface area contributed by atoms with Crippen molar-refractivity contribution in [2.75, 3.05) is 17.1 Å². The highest BCUT2D eigenvalue weighted by Crippen LogP contribution is 2.27. The van der Waals surface area contributed by atoms with E-state index >= 15 is 0 Å². The summed E-state index contributed by atoms with van der Waals surface area (Å²) in [5, 5.41) is 3.59. The summed E-state index contributed by atoms with van der Waals surface area (Å²) < 4.78 is 26.5. The molecule has 1 N–H and O–H groups in total. The molecule has 198 valence electrons. The molecule has 0 aliphatic carbocycles. The third kappa shape index (κ3) is 8.11. The van der Waals surface area contributed by atoms with E-state index in [1.54, 1.807) is 37.3 Å². The van der Waals surface area contributed by atoms with E-state index in [4.69, 9.17) is 23.2 Å². The van der Waals surface area contributed by atoms with Gasteiger partial charge in [0.1, 0.15) is 12.6 Å². The maximum absolute atomic E-state index is 13.6. The van der Waals surface area contributed by atoms with Gasteiger partial charge in [-0.15, -0.1) is 0 Å². The molecule has 0 fully saturated rings. The predicted molar refractivity (Wildman–Crippen MR) is 147 cm³/mol. The van der Waals surface area contributed by atoms with Crippen LogP contribution in [0, 0.1) is 0 Å². The molecule has 2 amide bonds. The van der Waals surface area contributed by atoms with E-state index in [1.807, 2.05) is 26.0 Å². The van der Waals surface area contributed by atoms with Gasteiger partial charge >= 0.3 is 0 Å². The molecule has 0 radical (unpaired) electrons. The van der Waals surface area contributed by atoms with Crippen LogP contribution in [0.4, 0.5) is 5.69 Å². The number of carbonyl (C=O) groups is 2. The Morgan fingerprint density at radius 1 is 1.00 bits per heavy atom. The van der Waals surface area contributed by atoms with Crippen LogP contribution >= 0.6 is 23.2 Å². The second-order valence-corrected chi connectivity index (χ2v) is 12.9. The van der Waals surface area contributed by atoms with Crippen molar-refractivity contribution in [3.8, 4) is 0 Å². The molecule has 7 nitrogen and oxygen atoms in total. The normalized spacial score (nSPS) is 12.8. The van der Waals surface area contributed by atoms with Gasteiger partial charge in [0.15, 0.2) is 0 Å². The summed E-state index contributed by atoms with van der Waals surface area (Å²) in [6.07, 6.45) is 1.05. The summed E-state index contributed by atoms with van der Waals surface area (Å²) in [5.41, 5.74) is 1.86. The number of nitrogens with one attached hydrogen (secondary N) is 1. The van der Waals surface area contributed by atoms with E-state index in [2.05, 4.69) is 26.1 Å². The minimum atomic E-state index is -3.80. The highest BCUT2D eigenvalue weighted by molar-refractivity contribution is 7.92. The summed E-state index contributed by atoms with van der Waals surface area (Å²) in [6, 6.07) is 10.9. The molecule has 2 aromatic carbocycles. The van der Waals surface area contributed by atoms with Gasteiger partial charge in [0.25, 0.3) is 0 Å². The maximum atomic E-state index is 13.6. The zero-order valence-electron chi connectivity index (χ0n) is 21.8. The van der Waals surface area contributed by atoms with Crippen LogP contribution < -0.4 is 9.62 Å². The molecule has 0 saturated heterocycles. The summed E-state index contributed by atoms with van der Waals surface area (Å²) in [4.78, 5) is 27.7. The van der Waals surface area contributed by atoms with Crippen molar-refractivity contribution in [2.45, 2.75) is 65.6 Å². The second kappa shape index (κ2) is 11.8. The van der Waals surface area contributed by atoms with Crippen molar-refractivity contribution in [1.29, 1.82) is 0 Å². The number of carbonyl (C=O) groups excluding carboxylic acids is 2. The van der Waals surface area contributed by atoms with Gasteiger partial charge < -0.3 is 10.2 Å². The maximum Gasteiger partial charge on any atom is 0.244 e. The first-order valence-corrected chi connectivity index (χ1v) is 14.2. The molecule has 0 heterocycles. The first-order valence-electron chi connectivity index (χ1n) is 11.6. The molecule has 0 aromatic heterocycles. The van der Waals surface area contributed by atoms with Gasteiger partial charge in [-0.25, -0.2) is 8.42 Å². The number of sulfonamides is 1. The molecule has 0 saturated carbocycles. The Labute approximate surface area is 224 Å². The average Bonchev–Trinajstić information content (AvgIpc) is 2.74. The lowest BCUT2D eigenvalue weighted by atomic mass is 9.87. The van der Waals surface area contributed by atoms with Crippen LogP contribution in [0.25, 0.3) is 0 Å². The SMILES string of the molecule is CC(C)NC(=O)[C@H](C)N(Cc1ccc(Cl)cc1Cl)C(=O)CN(c1ccc(C(C)(C)C)cc1)S(C)(=O)=O. The van der Waals surface area contributed by atoms with Crippen LogP contribution in [0.1, 0.15) is 52.7 Å². The number of amides is 2. The van der Waals surface area contributed by atoms with Crippen molar-refractivity contribution in [3.63, 3.8) is 0 Å². The Kier molecular flexibility index (Phi) is 9.84. The van der Waals surface area contributed by atoms with Crippen LogP contribution in [-0.2, 0) is 31.6 Å². The van der Waals surface area contributed by atoms with Gasteiger partial charge in [0, 0.05) is 22.6 Å². The average molecular weight is 557 g/mol. The predicted octanol–water partition coefficient (Wildman–Crippen LogP) is 5.00. The lowest BCUT2D eigenvalue weighted by Crippen LogP contribution is -2.52. The van der Waals surface area contributed by atoms with Crippen molar-refractivity contribution in [1.82, 2.24) is 10.2 Å². The third-order valence-corrected chi connectivity index (χ3v) is 7.38. The van der Waals surface area contributed by atoms with Crippen molar-refractivity contribution < 1.29 is 18.0 Å². The third-order valence-electron chi connectivity index (χ3n) is 5.65. The Hall–Kier alpha value is -2.29. The summed E-state index contributed by atoms with van der Waals surface area (Å²) in [7, 11) is -3.80. The smallest absolute Gasteiger partial charge is 0.244 e. The Bertz CT molecular complexity index is 1190. The van der Waals surface area contributed by atoms with Crippen molar-refractivity contribution >= 4 is 50.7 Å². The van der Waals surface area contributed by atoms with Gasteiger partial charge in [-0.3, -0.25) is 13.9 Å². The van der Waals surface area contributed by atoms with Gasteiger partial charge in [-0.05, 0) is 61.6 Å². The van der Waals surface area contributed by atoms with Gasteiger partial charge in [-0.2, -0.15) is 0 Å². The summed E-state index contributed by atoms with van der Waals surface area (Å²) in [6.45, 7) is 10.9. The first-order chi connectivity index (χ1) is 16.5. The number of nitrogens with zero attached hydrogens (tertiary/aromatic N) is 2. The first kappa shape index (κ1) is 29.9. The minimum Gasteiger partial charge on any atom is -0.352 e. The van der Waals surface area contributed by atoms with Crippen LogP contribution in [0.3, 0.4) is 0 Å². The Morgan fingerprint density at radius 2 is 1.58 bits per heavy atom. The van der Waals surface area contributed by atoms with Crippen LogP contribution in [0.2, 0.25) is 10.0 Å². The molecule has 0 aliphatic heterocycles. The topological polar surface area (TPSA) is 86.8 Å². The number of hydrogen-bond donors (Lipinski definition) is 1. The molecule has 2 aromatic rings. The minimum absolute atomic E-state index is 0.00206. The van der Waals surface area contributed by atoms with Gasteiger partial charge in [0.05, 0.1) is 11.9 Å². The summed E-state index contributed by atoms with van der Waals surface area (Å²) >= 11 is 12.4. The van der Waals surface area contributed by atoms with Gasteiger partial charge in [0.2, 0.25) is 21.8 Å². The highest BCUT2D eigenvalue weighted by atomic mass is 35.5. The molecule has 0 aliphatic rings. The van der Waals surface area contributed by atoms with Gasteiger partial charge in [-0.1, -0.05) is 62.2 Å². The Morgan fingerprint density at radius 3 is 2.06 bits per heavy atom. The van der Waals surface area contributed by atoms with E-state index in [9.17, 15) is 18.0 Å². The monoisotopic (exact) mass is 555 g/mol. The number of halogens is 2. The lowest BCUT2D eigenvalue weighted by molar-refractivity contribution is -0.139. The van der Waals surface area contributed by atoms with Crippen molar-refractivity contribution in [3.05, 3.63) is 63.6 Å². The molecule has 1 atom stereocenters. The van der Waals surface area contributed by atoms with E-state index in [0.29, 0.717) is 21.3 Å². The standard InChI is InChI=1S/C26H35Cl2N3O4S/c1-17(2)29-25(33)18(3)30(15-19-8-11-21(27)14-23(19)28)24(32)16-31(36(7,34)35)22-12-9-20(10-13-22)26(4,5)6/h8-14,17-18H,15-16H2,1-7H3,(H,29,33)/t18-/m0/s1. The molecule has 0 spiro atoms. The quantitative estimate of drug-likeness (QED) is 0.471. The molecule has 0 bridgehead atoms. The van der Waals surface area contributed by atoms with Crippen molar-refractivity contribution in [2.24, 2.45) is 0 Å². The number of anilines is 1. The zero-order chi connectivity index (χ0) is 27.4. The molecule has 36 heavy (non-hydrogen) atoms. The molecular formula is C26H35Cl2N3O4S. The molecule has 2 rings (SSSR count). The molecular weight excluding hydrogens is 521 g/mol. The highest BCUT2D eigenvalue weighted by Gasteiger charge is 2.31. The fourth-order valence-electron chi connectivity index (χ4n) is 3.56. The second-order valence-electron chi connectivity index (χ2n) is 10.2. The van der Waals surface area contributed by atoms with Crippen LogP contribution in [-0.4, -0.2) is 50.0 Å². The number of hydrogen-bond acceptors (Lipinski definition) is 4. The zero-order valence-corrected chi connectivity index (χ0v) is 24.1. The van der Waals surface area contributed by atoms with E-state index < -0.39 is 28.5 Å². The fourth-order valence-corrected chi connectivity index (χ4v) is 4.88. The van der Waals surface area contributed by atoms with Crippen LogP contribution in [0.15, 0.2) is 42.5 Å². The fraction of sp³-hybridized carbons (Fsp3) is 0.462. The summed E-state index contributed by atoms with van der Waals surface area (Å²) in [5.74, 6) is -0.901. The largest absolute Gasteiger partial charge is 0.352 e. The van der Waals surface area contributed by atoms with Crippen LogP contribution in [0.5, 0.6) is 0 Å². The lowest BCUT2D eigenvalue weighted by Gasteiger charge is -2.32. The molecule has 0 unspecified atom stereocenters. The van der Waals surface area contributed by atoms with E-state index in [0.717, 1.165) is 16.1 Å². The molecule has 10 heteroatoms. The number of benzene rings is 2. The number of rotatable bonds is 9. The Balaban J connectivity index is 2.43. The van der Waals surface area contributed by atoms with E-state index in [-0.39, 0.29) is 23.9 Å².